The lowest BCUT2D eigenvalue weighted by Crippen LogP contribution is -2.43. The zero-order valence-electron chi connectivity index (χ0n) is 14.1. The summed E-state index contributed by atoms with van der Waals surface area (Å²) in [7, 11) is 1.67. The molecule has 0 atom stereocenters. The maximum atomic E-state index is 12.8. The van der Waals surface area contributed by atoms with Gasteiger partial charge in [0.2, 0.25) is 5.91 Å². The molecule has 0 bridgehead atoms. The van der Waals surface area contributed by atoms with E-state index in [1.165, 1.54) is 0 Å². The number of nitrogens with one attached hydrogen (secondary N) is 1. The highest BCUT2D eigenvalue weighted by atomic mass is 16.5. The van der Waals surface area contributed by atoms with Crippen LogP contribution in [0, 0.1) is 12.8 Å². The Morgan fingerprint density at radius 2 is 2.00 bits per heavy atom. The quantitative estimate of drug-likeness (QED) is 0.878. The minimum atomic E-state index is -0.352. The van der Waals surface area contributed by atoms with Crippen LogP contribution < -0.4 is 10.1 Å². The van der Waals surface area contributed by atoms with E-state index >= 15 is 0 Å². The summed E-state index contributed by atoms with van der Waals surface area (Å²) in [6.07, 6.45) is 5.79. The van der Waals surface area contributed by atoms with Gasteiger partial charge in [0.25, 0.3) is 0 Å². The van der Waals surface area contributed by atoms with Crippen molar-refractivity contribution >= 4 is 5.91 Å². The van der Waals surface area contributed by atoms with Crippen LogP contribution in [-0.4, -0.2) is 30.8 Å². The molecule has 1 aromatic rings. The van der Waals surface area contributed by atoms with Crippen LogP contribution in [0.5, 0.6) is 5.75 Å². The van der Waals surface area contributed by atoms with E-state index in [-0.39, 0.29) is 24.0 Å². The van der Waals surface area contributed by atoms with Gasteiger partial charge in [-0.15, -0.1) is 0 Å². The van der Waals surface area contributed by atoms with Crippen LogP contribution >= 0.6 is 0 Å². The lowest BCUT2D eigenvalue weighted by molar-refractivity contribution is -0.124. The molecule has 0 spiro atoms. The molecule has 1 aromatic carbocycles. The first-order valence-electron chi connectivity index (χ1n) is 8.66. The van der Waals surface area contributed by atoms with Crippen molar-refractivity contribution in [3.05, 3.63) is 29.3 Å². The predicted molar refractivity (Wildman–Crippen MR) is 89.6 cm³/mol. The highest BCUT2D eigenvalue weighted by Gasteiger charge is 2.51. The topological polar surface area (TPSA) is 58.6 Å². The van der Waals surface area contributed by atoms with E-state index in [1.54, 1.807) is 7.11 Å². The van der Waals surface area contributed by atoms with Crippen LogP contribution in [0.1, 0.15) is 49.7 Å². The van der Waals surface area contributed by atoms with Gasteiger partial charge in [0.1, 0.15) is 5.75 Å². The van der Waals surface area contributed by atoms with Crippen LogP contribution in [0.3, 0.4) is 0 Å². The molecule has 4 heteroatoms. The minimum absolute atomic E-state index is 0.163. The molecule has 2 fully saturated rings. The van der Waals surface area contributed by atoms with Crippen LogP contribution in [0.15, 0.2) is 18.2 Å². The van der Waals surface area contributed by atoms with E-state index in [9.17, 15) is 9.90 Å². The number of aryl methyl sites for hydroxylation is 1. The average Bonchev–Trinajstić information content (AvgIpc) is 3.38. The van der Waals surface area contributed by atoms with Gasteiger partial charge in [-0.05, 0) is 68.6 Å². The first-order valence-corrected chi connectivity index (χ1v) is 8.66. The molecule has 0 aliphatic heterocycles. The van der Waals surface area contributed by atoms with Gasteiger partial charge in [-0.3, -0.25) is 4.79 Å². The molecule has 1 amide bonds. The third-order valence-corrected chi connectivity index (χ3v) is 5.59. The number of aliphatic hydroxyl groups excluding tert-OH is 1. The maximum absolute atomic E-state index is 12.8. The molecule has 4 nitrogen and oxygen atoms in total. The molecule has 0 radical (unpaired) electrons. The van der Waals surface area contributed by atoms with Crippen molar-refractivity contribution in [3.8, 4) is 5.75 Å². The number of benzene rings is 1. The number of carbonyl (C=O) groups is 1. The highest BCUT2D eigenvalue weighted by molar-refractivity contribution is 5.91. The Kier molecular flexibility index (Phi) is 4.62. The van der Waals surface area contributed by atoms with Gasteiger partial charge in [0.15, 0.2) is 0 Å². The molecule has 2 aliphatic carbocycles. The Bertz CT molecular complexity index is 572. The van der Waals surface area contributed by atoms with Crippen molar-refractivity contribution in [3.63, 3.8) is 0 Å². The van der Waals surface area contributed by atoms with Gasteiger partial charge in [-0.25, -0.2) is 0 Å². The number of methoxy groups -OCH3 is 1. The van der Waals surface area contributed by atoms with Gasteiger partial charge in [-0.1, -0.05) is 12.1 Å². The van der Waals surface area contributed by atoms with Crippen molar-refractivity contribution in [2.24, 2.45) is 5.92 Å². The summed E-state index contributed by atoms with van der Waals surface area (Å²) in [4.78, 5) is 12.8. The van der Waals surface area contributed by atoms with Gasteiger partial charge < -0.3 is 15.2 Å². The smallest absolute Gasteiger partial charge is 0.230 e. The SMILES string of the molecule is COc1cc(C2(C(=O)NC3CCC(CO)CC3)CC2)ccc1C. The van der Waals surface area contributed by atoms with E-state index in [0.29, 0.717) is 5.92 Å². The Hall–Kier alpha value is -1.55. The molecule has 0 aromatic heterocycles. The van der Waals surface area contributed by atoms with Crippen LogP contribution in [0.4, 0.5) is 0 Å². The summed E-state index contributed by atoms with van der Waals surface area (Å²) >= 11 is 0. The first-order chi connectivity index (χ1) is 11.1. The number of aliphatic hydroxyl groups is 1. The molecule has 0 heterocycles. The van der Waals surface area contributed by atoms with Gasteiger partial charge in [0.05, 0.1) is 12.5 Å². The second kappa shape index (κ2) is 6.52. The predicted octanol–water partition coefficient (Wildman–Crippen LogP) is 2.70. The minimum Gasteiger partial charge on any atom is -0.496 e. The summed E-state index contributed by atoms with van der Waals surface area (Å²) in [5.74, 6) is 1.43. The van der Waals surface area contributed by atoms with Crippen LogP contribution in [0.2, 0.25) is 0 Å². The molecule has 0 saturated heterocycles. The molecular formula is C19H27NO3. The third-order valence-electron chi connectivity index (χ3n) is 5.59. The molecule has 2 N–H and O–H groups in total. The Labute approximate surface area is 138 Å². The van der Waals surface area contributed by atoms with Crippen LogP contribution in [-0.2, 0) is 10.2 Å². The molecule has 2 saturated carbocycles. The van der Waals surface area contributed by atoms with Gasteiger partial charge in [-0.2, -0.15) is 0 Å². The summed E-state index contributed by atoms with van der Waals surface area (Å²) in [5, 5.41) is 12.5. The monoisotopic (exact) mass is 317 g/mol. The Morgan fingerprint density at radius 1 is 1.30 bits per heavy atom. The number of rotatable bonds is 5. The Balaban J connectivity index is 1.67. The molecule has 126 valence electrons. The number of hydrogen-bond donors (Lipinski definition) is 2. The van der Waals surface area contributed by atoms with E-state index in [4.69, 9.17) is 4.74 Å². The molecule has 0 unspecified atom stereocenters. The van der Waals surface area contributed by atoms with Crippen molar-refractivity contribution in [2.75, 3.05) is 13.7 Å². The van der Waals surface area contributed by atoms with E-state index in [2.05, 4.69) is 11.4 Å². The van der Waals surface area contributed by atoms with Crippen LogP contribution in [0.25, 0.3) is 0 Å². The van der Waals surface area contributed by atoms with Crippen molar-refractivity contribution in [2.45, 2.75) is 56.9 Å². The lowest BCUT2D eigenvalue weighted by atomic mass is 9.85. The van der Waals surface area contributed by atoms with Crippen molar-refractivity contribution in [1.82, 2.24) is 5.32 Å². The second-order valence-corrected chi connectivity index (χ2v) is 7.14. The largest absolute Gasteiger partial charge is 0.496 e. The summed E-state index contributed by atoms with van der Waals surface area (Å²) < 4.78 is 5.41. The summed E-state index contributed by atoms with van der Waals surface area (Å²) in [6.45, 7) is 2.29. The van der Waals surface area contributed by atoms with E-state index in [0.717, 1.165) is 55.4 Å². The summed E-state index contributed by atoms with van der Waals surface area (Å²) in [5.41, 5.74) is 1.81. The maximum Gasteiger partial charge on any atom is 0.230 e. The molecule has 3 rings (SSSR count). The van der Waals surface area contributed by atoms with Crippen molar-refractivity contribution in [1.29, 1.82) is 0 Å². The highest BCUT2D eigenvalue weighted by Crippen LogP contribution is 2.49. The fourth-order valence-corrected chi connectivity index (χ4v) is 3.70. The summed E-state index contributed by atoms with van der Waals surface area (Å²) in [6, 6.07) is 6.38. The standard InChI is InChI=1S/C19H27NO3/c1-13-3-6-15(11-17(13)23-2)19(9-10-19)18(22)20-16-7-4-14(12-21)5-8-16/h3,6,11,14,16,21H,4-5,7-10,12H2,1-2H3,(H,20,22). The second-order valence-electron chi connectivity index (χ2n) is 7.14. The third kappa shape index (κ3) is 3.23. The zero-order chi connectivity index (χ0) is 16.4. The zero-order valence-corrected chi connectivity index (χ0v) is 14.1. The van der Waals surface area contributed by atoms with Crippen molar-refractivity contribution < 1.29 is 14.6 Å². The molecule has 2 aliphatic rings. The van der Waals surface area contributed by atoms with E-state index < -0.39 is 0 Å². The van der Waals surface area contributed by atoms with Gasteiger partial charge >= 0.3 is 0 Å². The normalized spacial score (nSPS) is 25.7. The number of carbonyl (C=O) groups excluding carboxylic acids is 1. The fraction of sp³-hybridized carbons (Fsp3) is 0.632. The first kappa shape index (κ1) is 16.3. The van der Waals surface area contributed by atoms with Gasteiger partial charge in [0, 0.05) is 12.6 Å². The fourth-order valence-electron chi connectivity index (χ4n) is 3.70. The average molecular weight is 317 g/mol. The number of ether oxygens (including phenoxy) is 1. The van der Waals surface area contributed by atoms with E-state index in [1.807, 2.05) is 19.1 Å². The lowest BCUT2D eigenvalue weighted by Gasteiger charge is -2.29. The number of amides is 1. The molecule has 23 heavy (non-hydrogen) atoms. The molecular weight excluding hydrogens is 290 g/mol. The Morgan fingerprint density at radius 3 is 2.57 bits per heavy atom. The number of hydrogen-bond acceptors (Lipinski definition) is 3.